The summed E-state index contributed by atoms with van der Waals surface area (Å²) in [5, 5.41) is 5.78. The molecule has 0 bridgehead atoms. The first-order valence-corrected chi connectivity index (χ1v) is 13.1. The van der Waals surface area contributed by atoms with Gasteiger partial charge in [-0.3, -0.25) is 4.79 Å². The molecule has 182 valence electrons. The second-order valence-electron chi connectivity index (χ2n) is 9.26. The molecule has 1 aromatic carbocycles. The number of halogens is 1. The maximum absolute atomic E-state index is 12.8. The zero-order valence-electron chi connectivity index (χ0n) is 19.9. The van der Waals surface area contributed by atoms with Gasteiger partial charge in [0, 0.05) is 45.3 Å². The van der Waals surface area contributed by atoms with Crippen LogP contribution in [0.1, 0.15) is 30.9 Å². The molecule has 1 saturated heterocycles. The summed E-state index contributed by atoms with van der Waals surface area (Å²) in [7, 11) is 2.17. The van der Waals surface area contributed by atoms with Crippen LogP contribution in [0.4, 0.5) is 0 Å². The number of amides is 1. The second-order valence-corrected chi connectivity index (χ2v) is 11.0. The van der Waals surface area contributed by atoms with Gasteiger partial charge in [-0.15, -0.1) is 11.8 Å². The number of nitrogens with one attached hydrogen (secondary N) is 1. The number of piperazine rings is 1. The Morgan fingerprint density at radius 3 is 2.85 bits per heavy atom. The lowest BCUT2D eigenvalue weighted by atomic mass is 10.0. The molecule has 1 aromatic heterocycles. The highest BCUT2D eigenvalue weighted by Crippen LogP contribution is 2.42. The van der Waals surface area contributed by atoms with Crippen molar-refractivity contribution in [3.05, 3.63) is 64.3 Å². The third-order valence-corrected chi connectivity index (χ3v) is 7.61. The van der Waals surface area contributed by atoms with E-state index in [1.807, 2.05) is 36.4 Å². The first-order valence-electron chi connectivity index (χ1n) is 11.8. The standard InChI is InChI=1S/C26H33ClN4O2S/c1-26(18-22(19-34-26)21-7-8-28-24(27)17-21)29-25(32)16-20-5-3-6-23(15-20)33-14-4-9-31-12-10-30(2)11-13-31/h3,5-8,15,17,19H,4,9-14,16,18H2,1-2H3,(H,29,32). The highest BCUT2D eigenvalue weighted by atomic mass is 35.5. The topological polar surface area (TPSA) is 57.7 Å². The smallest absolute Gasteiger partial charge is 0.225 e. The number of hydrogen-bond acceptors (Lipinski definition) is 6. The number of carbonyl (C=O) groups is 1. The third kappa shape index (κ3) is 7.22. The lowest BCUT2D eigenvalue weighted by Crippen LogP contribution is -2.44. The van der Waals surface area contributed by atoms with E-state index in [2.05, 4.69) is 39.5 Å². The minimum Gasteiger partial charge on any atom is -0.494 e. The van der Waals surface area contributed by atoms with Crippen LogP contribution in [0.15, 0.2) is 48.0 Å². The fourth-order valence-corrected chi connectivity index (χ4v) is 5.52. The van der Waals surface area contributed by atoms with Gasteiger partial charge in [0.1, 0.15) is 10.9 Å². The number of ether oxygens (including phenoxy) is 1. The predicted molar refractivity (Wildman–Crippen MR) is 140 cm³/mol. The second kappa shape index (κ2) is 11.6. The molecule has 0 saturated carbocycles. The number of pyridine rings is 1. The van der Waals surface area contributed by atoms with Gasteiger partial charge in [-0.1, -0.05) is 23.7 Å². The van der Waals surface area contributed by atoms with Crippen molar-refractivity contribution < 1.29 is 9.53 Å². The number of thioether (sulfide) groups is 1. The number of likely N-dealkylation sites (N-methyl/N-ethyl adjacent to an activating group) is 1. The third-order valence-electron chi connectivity index (χ3n) is 6.24. The Labute approximate surface area is 211 Å². The van der Waals surface area contributed by atoms with Gasteiger partial charge in [-0.25, -0.2) is 4.98 Å². The molecule has 6 nitrogen and oxygen atoms in total. The summed E-state index contributed by atoms with van der Waals surface area (Å²) in [4.78, 5) is 21.3. The van der Waals surface area contributed by atoms with Gasteiger partial charge in [0.05, 0.1) is 17.9 Å². The van der Waals surface area contributed by atoms with Crippen LogP contribution in [0.2, 0.25) is 5.15 Å². The maximum atomic E-state index is 12.8. The Kier molecular flexibility index (Phi) is 8.53. The summed E-state index contributed by atoms with van der Waals surface area (Å²) in [6.45, 7) is 8.34. The number of hydrogen-bond donors (Lipinski definition) is 1. The fourth-order valence-electron chi connectivity index (χ4n) is 4.31. The Bertz CT molecular complexity index is 1030. The predicted octanol–water partition coefficient (Wildman–Crippen LogP) is 4.30. The van der Waals surface area contributed by atoms with Gasteiger partial charge in [0.15, 0.2) is 0 Å². The van der Waals surface area contributed by atoms with E-state index in [0.717, 1.165) is 68.0 Å². The zero-order chi connectivity index (χ0) is 24.0. The molecule has 8 heteroatoms. The summed E-state index contributed by atoms with van der Waals surface area (Å²) in [5.74, 6) is 0.827. The van der Waals surface area contributed by atoms with E-state index >= 15 is 0 Å². The molecule has 3 heterocycles. The maximum Gasteiger partial charge on any atom is 0.225 e. The Morgan fingerprint density at radius 1 is 1.24 bits per heavy atom. The summed E-state index contributed by atoms with van der Waals surface area (Å²) >= 11 is 7.67. The molecule has 2 aromatic rings. The van der Waals surface area contributed by atoms with E-state index < -0.39 is 0 Å². The highest BCUT2D eigenvalue weighted by Gasteiger charge is 2.32. The highest BCUT2D eigenvalue weighted by molar-refractivity contribution is 8.03. The van der Waals surface area contributed by atoms with Crippen molar-refractivity contribution >= 4 is 34.8 Å². The molecule has 2 aliphatic rings. The molecule has 34 heavy (non-hydrogen) atoms. The fraction of sp³-hybridized carbons (Fsp3) is 0.462. The van der Waals surface area contributed by atoms with E-state index in [-0.39, 0.29) is 10.8 Å². The van der Waals surface area contributed by atoms with E-state index in [9.17, 15) is 4.79 Å². The minimum absolute atomic E-state index is 0.00428. The molecule has 1 fully saturated rings. The van der Waals surface area contributed by atoms with Gasteiger partial charge < -0.3 is 19.9 Å². The molecule has 4 rings (SSSR count). The molecule has 0 spiro atoms. The number of rotatable bonds is 9. The van der Waals surface area contributed by atoms with Gasteiger partial charge in [0.2, 0.25) is 5.91 Å². The summed E-state index contributed by atoms with van der Waals surface area (Å²) in [6.07, 6.45) is 3.77. The Morgan fingerprint density at radius 2 is 2.06 bits per heavy atom. The lowest BCUT2D eigenvalue weighted by molar-refractivity contribution is -0.121. The number of carbonyl (C=O) groups excluding carboxylic acids is 1. The lowest BCUT2D eigenvalue weighted by Gasteiger charge is -2.32. The quantitative estimate of drug-likeness (QED) is 0.409. The first kappa shape index (κ1) is 25.0. The molecule has 1 amide bonds. The molecule has 0 aliphatic carbocycles. The molecule has 1 N–H and O–H groups in total. The average molecular weight is 501 g/mol. The first-order chi connectivity index (χ1) is 16.4. The Balaban J connectivity index is 1.22. The molecular formula is C26H33ClN4O2S. The van der Waals surface area contributed by atoms with Gasteiger partial charge in [-0.05, 0) is 66.8 Å². The number of aromatic nitrogens is 1. The van der Waals surface area contributed by atoms with Crippen LogP contribution in [0.5, 0.6) is 5.75 Å². The molecule has 0 radical (unpaired) electrons. The van der Waals surface area contributed by atoms with Crippen molar-refractivity contribution in [2.24, 2.45) is 0 Å². The largest absolute Gasteiger partial charge is 0.494 e. The molecular weight excluding hydrogens is 468 g/mol. The minimum atomic E-state index is -0.375. The van der Waals surface area contributed by atoms with Crippen molar-refractivity contribution in [2.75, 3.05) is 46.4 Å². The van der Waals surface area contributed by atoms with Gasteiger partial charge in [-0.2, -0.15) is 0 Å². The van der Waals surface area contributed by atoms with Crippen LogP contribution in [-0.2, 0) is 11.2 Å². The zero-order valence-corrected chi connectivity index (χ0v) is 21.5. The molecule has 1 unspecified atom stereocenters. The van der Waals surface area contributed by atoms with Crippen molar-refractivity contribution in [3.63, 3.8) is 0 Å². The van der Waals surface area contributed by atoms with Crippen LogP contribution in [-0.4, -0.2) is 71.9 Å². The summed E-state index contributed by atoms with van der Waals surface area (Å²) in [6, 6.07) is 11.7. The van der Waals surface area contributed by atoms with Gasteiger partial charge >= 0.3 is 0 Å². The van der Waals surface area contributed by atoms with Gasteiger partial charge in [0.25, 0.3) is 0 Å². The van der Waals surface area contributed by atoms with Crippen molar-refractivity contribution in [3.8, 4) is 5.75 Å². The van der Waals surface area contributed by atoms with E-state index in [1.165, 1.54) is 0 Å². The van der Waals surface area contributed by atoms with Crippen molar-refractivity contribution in [1.29, 1.82) is 0 Å². The van der Waals surface area contributed by atoms with E-state index in [0.29, 0.717) is 18.2 Å². The van der Waals surface area contributed by atoms with Crippen LogP contribution in [0, 0.1) is 0 Å². The SMILES string of the molecule is CN1CCN(CCCOc2cccc(CC(=O)NC3(C)CC(c4ccnc(Cl)c4)=CS3)c2)CC1. The molecule has 1 atom stereocenters. The van der Waals surface area contributed by atoms with Crippen molar-refractivity contribution in [1.82, 2.24) is 20.1 Å². The summed E-state index contributed by atoms with van der Waals surface area (Å²) in [5.41, 5.74) is 3.15. The van der Waals surface area contributed by atoms with Crippen molar-refractivity contribution in [2.45, 2.75) is 31.1 Å². The molecule has 2 aliphatic heterocycles. The summed E-state index contributed by atoms with van der Waals surface area (Å²) < 4.78 is 5.97. The number of nitrogens with zero attached hydrogens (tertiary/aromatic N) is 3. The normalized spacial score (nSPS) is 21.3. The average Bonchev–Trinajstić information content (AvgIpc) is 3.19. The number of benzene rings is 1. The van der Waals surface area contributed by atoms with E-state index in [1.54, 1.807) is 18.0 Å². The van der Waals surface area contributed by atoms with Crippen LogP contribution < -0.4 is 10.1 Å². The van der Waals surface area contributed by atoms with Crippen LogP contribution in [0.25, 0.3) is 5.57 Å². The van der Waals surface area contributed by atoms with Crippen LogP contribution >= 0.6 is 23.4 Å². The van der Waals surface area contributed by atoms with E-state index in [4.69, 9.17) is 16.3 Å². The Hall–Kier alpha value is -2.06. The monoisotopic (exact) mass is 500 g/mol. The van der Waals surface area contributed by atoms with Crippen LogP contribution in [0.3, 0.4) is 0 Å².